The van der Waals surface area contributed by atoms with Gasteiger partial charge in [-0.15, -0.1) is 0 Å². The Kier molecular flexibility index (Phi) is 5.97. The average Bonchev–Trinajstić information content (AvgIpc) is 2.76. The molecule has 0 saturated heterocycles. The summed E-state index contributed by atoms with van der Waals surface area (Å²) in [5.74, 6) is 0. The second kappa shape index (κ2) is 7.00. The summed E-state index contributed by atoms with van der Waals surface area (Å²) in [5.41, 5.74) is 1.97. The molecule has 0 aromatic carbocycles. The van der Waals surface area contributed by atoms with Crippen molar-refractivity contribution in [3.05, 3.63) is 0 Å². The molecule has 1 N–H and O–H groups in total. The molecule has 17 heavy (non-hydrogen) atoms. The third-order valence-electron chi connectivity index (χ3n) is 3.04. The Bertz CT molecular complexity index is 282. The summed E-state index contributed by atoms with van der Waals surface area (Å²) in [6.07, 6.45) is 3.51. The molecule has 0 unspecified atom stereocenters. The fourth-order valence-corrected chi connectivity index (χ4v) is 3.65. The Balaban J connectivity index is 2.29. The van der Waals surface area contributed by atoms with Crippen LogP contribution in [0.5, 0.6) is 0 Å². The molecule has 0 amide bonds. The first-order valence-electron chi connectivity index (χ1n) is 5.89. The Hall–Kier alpha value is -0.563. The second-order valence-electron chi connectivity index (χ2n) is 4.13. The van der Waals surface area contributed by atoms with Crippen LogP contribution in [-0.2, 0) is 13.3 Å². The van der Waals surface area contributed by atoms with Gasteiger partial charge in [-0.1, -0.05) is 0 Å². The van der Waals surface area contributed by atoms with E-state index in [1.807, 2.05) is 0 Å². The number of aliphatic imine (C=N–C) groups is 1. The smallest absolute Gasteiger partial charge is 0.377 e. The summed E-state index contributed by atoms with van der Waals surface area (Å²) >= 11 is 0. The maximum Gasteiger partial charge on any atom is 0.500 e. The second-order valence-corrected chi connectivity index (χ2v) is 7.22. The van der Waals surface area contributed by atoms with E-state index in [0.29, 0.717) is 0 Å². The first-order valence-corrected chi connectivity index (χ1v) is 7.83. The fourth-order valence-electron chi connectivity index (χ4n) is 1.94. The predicted molar refractivity (Wildman–Crippen MR) is 70.1 cm³/mol. The standard InChI is InChI=1S/C11H22N2O3Si/c1-14-17(15-2,16-3)8-4-7-13-11-6-5-10(12)9-11/h12H,4-9H2,1-3H3. The van der Waals surface area contributed by atoms with E-state index in [4.69, 9.17) is 18.7 Å². The molecule has 0 bridgehead atoms. The minimum atomic E-state index is -2.42. The van der Waals surface area contributed by atoms with E-state index in [-0.39, 0.29) is 0 Å². The SMILES string of the molecule is CO[Si](CCCN=C1CCC(=N)C1)(OC)OC. The Morgan fingerprint density at radius 3 is 2.29 bits per heavy atom. The van der Waals surface area contributed by atoms with E-state index in [1.54, 1.807) is 21.3 Å². The minimum Gasteiger partial charge on any atom is -0.377 e. The van der Waals surface area contributed by atoms with Crippen LogP contribution in [0, 0.1) is 5.41 Å². The van der Waals surface area contributed by atoms with E-state index in [2.05, 4.69) is 4.99 Å². The van der Waals surface area contributed by atoms with Gasteiger partial charge in [0.2, 0.25) is 0 Å². The van der Waals surface area contributed by atoms with Gasteiger partial charge >= 0.3 is 8.80 Å². The van der Waals surface area contributed by atoms with Gasteiger partial charge in [0.25, 0.3) is 0 Å². The quantitative estimate of drug-likeness (QED) is 0.560. The molecule has 0 heterocycles. The molecule has 1 aliphatic carbocycles. The van der Waals surface area contributed by atoms with Crippen molar-refractivity contribution in [1.29, 1.82) is 5.41 Å². The number of nitrogens with one attached hydrogen (secondary N) is 1. The summed E-state index contributed by atoms with van der Waals surface area (Å²) in [5, 5.41) is 7.51. The molecule has 0 aromatic rings. The van der Waals surface area contributed by atoms with Gasteiger partial charge in [-0.25, -0.2) is 0 Å². The van der Waals surface area contributed by atoms with Crippen molar-refractivity contribution < 1.29 is 13.3 Å². The molecule has 1 rings (SSSR count). The van der Waals surface area contributed by atoms with Crippen molar-refractivity contribution in [2.75, 3.05) is 27.9 Å². The Labute approximate surface area is 104 Å². The molecule has 0 atom stereocenters. The Morgan fingerprint density at radius 2 is 1.82 bits per heavy atom. The molecular weight excluding hydrogens is 236 g/mol. The fraction of sp³-hybridized carbons (Fsp3) is 0.818. The van der Waals surface area contributed by atoms with Gasteiger partial charge in [-0.3, -0.25) is 4.99 Å². The van der Waals surface area contributed by atoms with Gasteiger partial charge in [-0.05, 0) is 19.3 Å². The van der Waals surface area contributed by atoms with Crippen molar-refractivity contribution in [2.24, 2.45) is 4.99 Å². The number of hydrogen-bond donors (Lipinski definition) is 1. The first-order chi connectivity index (χ1) is 8.15. The van der Waals surface area contributed by atoms with E-state index in [1.165, 1.54) is 0 Å². The van der Waals surface area contributed by atoms with Crippen molar-refractivity contribution in [2.45, 2.75) is 31.7 Å². The summed E-state index contributed by atoms with van der Waals surface area (Å²) in [7, 11) is 2.47. The van der Waals surface area contributed by atoms with Crippen LogP contribution in [0.3, 0.4) is 0 Å². The molecule has 98 valence electrons. The van der Waals surface area contributed by atoms with Crippen molar-refractivity contribution >= 4 is 20.2 Å². The van der Waals surface area contributed by atoms with Gasteiger partial charge in [-0.2, -0.15) is 0 Å². The highest BCUT2D eigenvalue weighted by molar-refractivity contribution is 6.60. The van der Waals surface area contributed by atoms with E-state index in [0.717, 1.165) is 49.7 Å². The molecule has 1 aliphatic rings. The van der Waals surface area contributed by atoms with Crippen LogP contribution in [-0.4, -0.2) is 48.1 Å². The van der Waals surface area contributed by atoms with Crippen LogP contribution in [0.15, 0.2) is 4.99 Å². The van der Waals surface area contributed by atoms with Crippen LogP contribution in [0.2, 0.25) is 6.04 Å². The number of hydrogen-bond acceptors (Lipinski definition) is 5. The summed E-state index contributed by atoms with van der Waals surface area (Å²) in [6, 6.07) is 0.782. The van der Waals surface area contributed by atoms with Crippen LogP contribution in [0.1, 0.15) is 25.7 Å². The summed E-state index contributed by atoms with van der Waals surface area (Å²) in [6.45, 7) is 0.771. The zero-order chi connectivity index (χ0) is 12.7. The highest BCUT2D eigenvalue weighted by atomic mass is 28.4. The van der Waals surface area contributed by atoms with Crippen LogP contribution in [0.4, 0.5) is 0 Å². The van der Waals surface area contributed by atoms with Gasteiger partial charge in [0, 0.05) is 51.8 Å². The van der Waals surface area contributed by atoms with Crippen molar-refractivity contribution in [3.8, 4) is 0 Å². The van der Waals surface area contributed by atoms with Crippen LogP contribution >= 0.6 is 0 Å². The monoisotopic (exact) mass is 258 g/mol. The lowest BCUT2D eigenvalue weighted by molar-refractivity contribution is 0.123. The molecule has 0 spiro atoms. The third-order valence-corrected chi connectivity index (χ3v) is 5.87. The summed E-state index contributed by atoms with van der Waals surface area (Å²) in [4.78, 5) is 4.51. The van der Waals surface area contributed by atoms with Gasteiger partial charge in [0.05, 0.1) is 0 Å². The van der Waals surface area contributed by atoms with Gasteiger partial charge in [0.15, 0.2) is 0 Å². The largest absolute Gasteiger partial charge is 0.500 e. The zero-order valence-corrected chi connectivity index (χ0v) is 11.9. The number of rotatable bonds is 7. The zero-order valence-electron chi connectivity index (χ0n) is 10.9. The molecule has 0 aromatic heterocycles. The van der Waals surface area contributed by atoms with E-state index >= 15 is 0 Å². The lowest BCUT2D eigenvalue weighted by atomic mass is 10.3. The van der Waals surface area contributed by atoms with Crippen LogP contribution in [0.25, 0.3) is 0 Å². The molecule has 1 fully saturated rings. The van der Waals surface area contributed by atoms with Gasteiger partial charge in [0.1, 0.15) is 0 Å². The number of nitrogens with zero attached hydrogens (tertiary/aromatic N) is 1. The molecule has 6 heteroatoms. The van der Waals surface area contributed by atoms with Crippen molar-refractivity contribution in [3.63, 3.8) is 0 Å². The maximum atomic E-state index is 7.51. The molecule has 0 radical (unpaired) electrons. The minimum absolute atomic E-state index is 0.765. The molecule has 0 aliphatic heterocycles. The molecule has 5 nitrogen and oxygen atoms in total. The predicted octanol–water partition coefficient (Wildman–Crippen LogP) is 1.90. The lowest BCUT2D eigenvalue weighted by Crippen LogP contribution is -2.42. The lowest BCUT2D eigenvalue weighted by Gasteiger charge is -2.23. The third kappa shape index (κ3) is 4.31. The van der Waals surface area contributed by atoms with Gasteiger partial charge < -0.3 is 18.7 Å². The van der Waals surface area contributed by atoms with Crippen LogP contribution < -0.4 is 0 Å². The van der Waals surface area contributed by atoms with E-state index in [9.17, 15) is 0 Å². The summed E-state index contributed by atoms with van der Waals surface area (Å²) < 4.78 is 16.0. The highest BCUT2D eigenvalue weighted by Gasteiger charge is 2.36. The first kappa shape index (κ1) is 14.5. The average molecular weight is 258 g/mol. The van der Waals surface area contributed by atoms with E-state index < -0.39 is 8.80 Å². The molecular formula is C11H22N2O3Si. The topological polar surface area (TPSA) is 63.9 Å². The molecule has 1 saturated carbocycles. The Morgan fingerprint density at radius 1 is 1.18 bits per heavy atom. The normalized spacial score (nSPS) is 19.2. The van der Waals surface area contributed by atoms with Crippen molar-refractivity contribution in [1.82, 2.24) is 0 Å². The highest BCUT2D eigenvalue weighted by Crippen LogP contribution is 2.16. The maximum absolute atomic E-state index is 7.51.